The Morgan fingerprint density at radius 2 is 2.21 bits per heavy atom. The molecule has 3 heterocycles. The standard InChI is InChI=1S/C19H22N2O2S/c1-12-5-7-17-14(10-12)6-8-18(23-17)19(22)21-9-3-4-16(21)15-11-24-13(2)20-15/h5,7,10-11,16,18H,3-4,6,8-9H2,1-2H3/t16-,18+/m0/s1. The van der Waals surface area contributed by atoms with Crippen molar-refractivity contribution in [2.45, 2.75) is 51.7 Å². The van der Waals surface area contributed by atoms with Crippen molar-refractivity contribution in [2.75, 3.05) is 6.54 Å². The Hall–Kier alpha value is -1.88. The van der Waals surface area contributed by atoms with Gasteiger partial charge in [0.25, 0.3) is 5.91 Å². The van der Waals surface area contributed by atoms with Crippen molar-refractivity contribution in [1.82, 2.24) is 9.88 Å². The summed E-state index contributed by atoms with van der Waals surface area (Å²) in [6, 6.07) is 6.32. The van der Waals surface area contributed by atoms with Crippen molar-refractivity contribution in [3.63, 3.8) is 0 Å². The van der Waals surface area contributed by atoms with E-state index in [9.17, 15) is 4.79 Å². The highest BCUT2D eigenvalue weighted by atomic mass is 32.1. The van der Waals surface area contributed by atoms with E-state index in [0.717, 1.165) is 48.7 Å². The van der Waals surface area contributed by atoms with Gasteiger partial charge in [0, 0.05) is 11.9 Å². The van der Waals surface area contributed by atoms with E-state index in [-0.39, 0.29) is 18.1 Å². The van der Waals surface area contributed by atoms with Gasteiger partial charge in [-0.05, 0) is 51.2 Å². The number of likely N-dealkylation sites (tertiary alicyclic amines) is 1. The summed E-state index contributed by atoms with van der Waals surface area (Å²) < 4.78 is 6.04. The highest BCUT2D eigenvalue weighted by molar-refractivity contribution is 7.09. The average Bonchev–Trinajstić information content (AvgIpc) is 3.22. The number of aromatic nitrogens is 1. The molecule has 0 bridgehead atoms. The number of amides is 1. The summed E-state index contributed by atoms with van der Waals surface area (Å²) in [5.74, 6) is 0.986. The molecule has 4 rings (SSSR count). The molecule has 2 aliphatic heterocycles. The van der Waals surface area contributed by atoms with Gasteiger partial charge in [-0.2, -0.15) is 0 Å². The highest BCUT2D eigenvalue weighted by Crippen LogP contribution is 2.35. The number of hydrogen-bond donors (Lipinski definition) is 0. The zero-order valence-electron chi connectivity index (χ0n) is 14.1. The van der Waals surface area contributed by atoms with Crippen LogP contribution in [-0.4, -0.2) is 28.4 Å². The van der Waals surface area contributed by atoms with E-state index in [2.05, 4.69) is 23.4 Å². The number of fused-ring (bicyclic) bond motifs is 1. The minimum absolute atomic E-state index is 0.116. The SMILES string of the molecule is Cc1ccc2c(c1)CC[C@H](C(=O)N1CCC[C@H]1c1csc(C)n1)O2. The van der Waals surface area contributed by atoms with Gasteiger partial charge in [0.2, 0.25) is 0 Å². The molecule has 0 radical (unpaired) electrons. The molecule has 0 saturated carbocycles. The molecule has 0 unspecified atom stereocenters. The molecule has 1 amide bonds. The summed E-state index contributed by atoms with van der Waals surface area (Å²) in [5, 5.41) is 3.15. The average molecular weight is 342 g/mol. The zero-order chi connectivity index (χ0) is 16.7. The van der Waals surface area contributed by atoms with E-state index in [4.69, 9.17) is 4.74 Å². The quantitative estimate of drug-likeness (QED) is 0.833. The molecule has 24 heavy (non-hydrogen) atoms. The molecule has 1 aromatic heterocycles. The van der Waals surface area contributed by atoms with Crippen LogP contribution in [0.3, 0.4) is 0 Å². The lowest BCUT2D eigenvalue weighted by Gasteiger charge is -2.31. The fourth-order valence-corrected chi connectivity index (χ4v) is 4.41. The van der Waals surface area contributed by atoms with Gasteiger partial charge in [0.05, 0.1) is 16.7 Å². The van der Waals surface area contributed by atoms with Gasteiger partial charge in [0.15, 0.2) is 6.10 Å². The number of carbonyl (C=O) groups is 1. The molecular weight excluding hydrogens is 320 g/mol. The summed E-state index contributed by atoms with van der Waals surface area (Å²) in [6.45, 7) is 4.90. The lowest BCUT2D eigenvalue weighted by molar-refractivity contribution is -0.140. The predicted molar refractivity (Wildman–Crippen MR) is 94.5 cm³/mol. The maximum atomic E-state index is 13.0. The van der Waals surface area contributed by atoms with Crippen LogP contribution in [0.1, 0.15) is 47.1 Å². The fourth-order valence-electron chi connectivity index (χ4n) is 3.75. The van der Waals surface area contributed by atoms with E-state index in [1.165, 1.54) is 11.1 Å². The van der Waals surface area contributed by atoms with Crippen molar-refractivity contribution in [2.24, 2.45) is 0 Å². The van der Waals surface area contributed by atoms with Gasteiger partial charge in [-0.25, -0.2) is 4.98 Å². The van der Waals surface area contributed by atoms with Crippen LogP contribution in [0, 0.1) is 13.8 Å². The monoisotopic (exact) mass is 342 g/mol. The Balaban J connectivity index is 1.52. The van der Waals surface area contributed by atoms with Crippen LogP contribution in [0.25, 0.3) is 0 Å². The van der Waals surface area contributed by atoms with Crippen molar-refractivity contribution in [3.8, 4) is 5.75 Å². The Morgan fingerprint density at radius 1 is 1.33 bits per heavy atom. The lowest BCUT2D eigenvalue weighted by atomic mass is 9.99. The first-order chi connectivity index (χ1) is 11.6. The van der Waals surface area contributed by atoms with Crippen LogP contribution in [0.2, 0.25) is 0 Å². The molecule has 1 aromatic carbocycles. The molecule has 0 aliphatic carbocycles. The number of benzene rings is 1. The molecule has 2 atom stereocenters. The Kier molecular flexibility index (Phi) is 4.04. The van der Waals surface area contributed by atoms with Gasteiger partial charge in [-0.1, -0.05) is 17.7 Å². The number of rotatable bonds is 2. The molecule has 1 fully saturated rings. The summed E-state index contributed by atoms with van der Waals surface area (Å²) >= 11 is 1.65. The molecule has 2 aromatic rings. The molecular formula is C19H22N2O2S. The van der Waals surface area contributed by atoms with E-state index >= 15 is 0 Å². The van der Waals surface area contributed by atoms with E-state index < -0.39 is 0 Å². The summed E-state index contributed by atoms with van der Waals surface area (Å²) in [7, 11) is 0. The van der Waals surface area contributed by atoms with Crippen molar-refractivity contribution < 1.29 is 9.53 Å². The number of hydrogen-bond acceptors (Lipinski definition) is 4. The van der Waals surface area contributed by atoms with Crippen molar-refractivity contribution >= 4 is 17.2 Å². The Morgan fingerprint density at radius 3 is 3.00 bits per heavy atom. The minimum Gasteiger partial charge on any atom is -0.480 e. The lowest BCUT2D eigenvalue weighted by Crippen LogP contribution is -2.43. The van der Waals surface area contributed by atoms with Gasteiger partial charge in [-0.3, -0.25) is 4.79 Å². The molecule has 0 N–H and O–H groups in total. The Bertz CT molecular complexity index is 770. The zero-order valence-corrected chi connectivity index (χ0v) is 14.9. The van der Waals surface area contributed by atoms with E-state index in [1.807, 2.05) is 24.0 Å². The minimum atomic E-state index is -0.361. The molecule has 5 heteroatoms. The molecule has 2 aliphatic rings. The van der Waals surface area contributed by atoms with Gasteiger partial charge in [0.1, 0.15) is 5.75 Å². The second kappa shape index (κ2) is 6.20. The maximum absolute atomic E-state index is 13.0. The first-order valence-corrected chi connectivity index (χ1v) is 9.48. The van der Waals surface area contributed by atoms with Crippen LogP contribution in [0.15, 0.2) is 23.6 Å². The number of thiazole rings is 1. The number of ether oxygens (including phenoxy) is 1. The van der Waals surface area contributed by atoms with Crippen LogP contribution in [0.5, 0.6) is 5.75 Å². The van der Waals surface area contributed by atoms with Crippen LogP contribution in [-0.2, 0) is 11.2 Å². The third kappa shape index (κ3) is 2.81. The van der Waals surface area contributed by atoms with Gasteiger partial charge >= 0.3 is 0 Å². The van der Waals surface area contributed by atoms with Gasteiger partial charge in [-0.15, -0.1) is 11.3 Å². The fraction of sp³-hybridized carbons (Fsp3) is 0.474. The first kappa shape index (κ1) is 15.6. The molecule has 1 saturated heterocycles. The maximum Gasteiger partial charge on any atom is 0.264 e. The van der Waals surface area contributed by atoms with Crippen molar-refractivity contribution in [1.29, 1.82) is 0 Å². The molecule has 4 nitrogen and oxygen atoms in total. The third-order valence-corrected chi connectivity index (χ3v) is 5.74. The summed E-state index contributed by atoms with van der Waals surface area (Å²) in [4.78, 5) is 19.6. The van der Waals surface area contributed by atoms with E-state index in [0.29, 0.717) is 0 Å². The van der Waals surface area contributed by atoms with E-state index in [1.54, 1.807) is 11.3 Å². The number of carbonyl (C=O) groups excluding carboxylic acids is 1. The molecule has 126 valence electrons. The Labute approximate surface area is 146 Å². The molecule has 0 spiro atoms. The normalized spacial score (nSPS) is 23.0. The largest absolute Gasteiger partial charge is 0.480 e. The number of nitrogens with zero attached hydrogens (tertiary/aromatic N) is 2. The predicted octanol–water partition coefficient (Wildman–Crippen LogP) is 3.82. The second-order valence-corrected chi connectivity index (χ2v) is 7.80. The highest BCUT2D eigenvalue weighted by Gasteiger charge is 2.37. The number of aryl methyl sites for hydroxylation is 3. The van der Waals surface area contributed by atoms with Crippen molar-refractivity contribution in [3.05, 3.63) is 45.4 Å². The first-order valence-electron chi connectivity index (χ1n) is 8.60. The van der Waals surface area contributed by atoms with Gasteiger partial charge < -0.3 is 9.64 Å². The van der Waals surface area contributed by atoms with Crippen LogP contribution < -0.4 is 4.74 Å². The van der Waals surface area contributed by atoms with Crippen LogP contribution >= 0.6 is 11.3 Å². The summed E-state index contributed by atoms with van der Waals surface area (Å²) in [6.07, 6.45) is 3.34. The third-order valence-electron chi connectivity index (χ3n) is 4.95. The smallest absolute Gasteiger partial charge is 0.264 e. The second-order valence-electron chi connectivity index (χ2n) is 6.74. The topological polar surface area (TPSA) is 42.4 Å². The van der Waals surface area contributed by atoms with Crippen LogP contribution in [0.4, 0.5) is 0 Å². The summed E-state index contributed by atoms with van der Waals surface area (Å²) in [5.41, 5.74) is 3.49.